The Labute approximate surface area is 102 Å². The van der Waals surface area contributed by atoms with E-state index in [9.17, 15) is 5.11 Å². The standard InChI is InChI=1S/C13H18ClNO/c1-9(16)7-8-15-13-6-5-10-11(13)3-2-4-12(10)14/h2-4,9,13,15-16H,5-8H2,1H3. The van der Waals surface area contributed by atoms with Crippen molar-refractivity contribution in [3.8, 4) is 0 Å². The largest absolute Gasteiger partial charge is 0.393 e. The lowest BCUT2D eigenvalue weighted by Crippen LogP contribution is -2.23. The second kappa shape index (κ2) is 5.17. The first-order valence-corrected chi connectivity index (χ1v) is 6.25. The maximum Gasteiger partial charge on any atom is 0.0524 e. The molecule has 0 bridgehead atoms. The van der Waals surface area contributed by atoms with Gasteiger partial charge in [0.05, 0.1) is 6.10 Å². The lowest BCUT2D eigenvalue weighted by atomic mass is 10.1. The van der Waals surface area contributed by atoms with Crippen molar-refractivity contribution in [3.05, 3.63) is 34.3 Å². The highest BCUT2D eigenvalue weighted by atomic mass is 35.5. The highest BCUT2D eigenvalue weighted by molar-refractivity contribution is 6.31. The summed E-state index contributed by atoms with van der Waals surface area (Å²) in [7, 11) is 0. The molecule has 0 aliphatic heterocycles. The number of fused-ring (bicyclic) bond motifs is 1. The maximum atomic E-state index is 9.20. The van der Waals surface area contributed by atoms with Crippen LogP contribution in [-0.4, -0.2) is 17.8 Å². The maximum absolute atomic E-state index is 9.20. The minimum Gasteiger partial charge on any atom is -0.393 e. The van der Waals surface area contributed by atoms with Crippen LogP contribution in [0.4, 0.5) is 0 Å². The number of halogens is 1. The van der Waals surface area contributed by atoms with Gasteiger partial charge >= 0.3 is 0 Å². The van der Waals surface area contributed by atoms with E-state index in [1.807, 2.05) is 19.1 Å². The zero-order valence-electron chi connectivity index (χ0n) is 9.54. The molecule has 0 aromatic heterocycles. The van der Waals surface area contributed by atoms with E-state index in [1.54, 1.807) is 0 Å². The number of rotatable bonds is 4. The van der Waals surface area contributed by atoms with Crippen molar-refractivity contribution in [2.75, 3.05) is 6.54 Å². The van der Waals surface area contributed by atoms with E-state index in [0.717, 1.165) is 30.8 Å². The molecule has 2 rings (SSSR count). The molecule has 1 aliphatic carbocycles. The van der Waals surface area contributed by atoms with Crippen molar-refractivity contribution in [1.82, 2.24) is 5.32 Å². The molecule has 2 unspecified atom stereocenters. The van der Waals surface area contributed by atoms with Gasteiger partial charge in [0.15, 0.2) is 0 Å². The molecule has 0 fully saturated rings. The summed E-state index contributed by atoms with van der Waals surface area (Å²) in [5.74, 6) is 0. The number of nitrogens with one attached hydrogen (secondary N) is 1. The molecule has 0 heterocycles. The molecule has 2 atom stereocenters. The van der Waals surface area contributed by atoms with Crippen LogP contribution in [0.2, 0.25) is 5.02 Å². The molecule has 3 heteroatoms. The van der Waals surface area contributed by atoms with Crippen LogP contribution in [0.5, 0.6) is 0 Å². The monoisotopic (exact) mass is 239 g/mol. The quantitative estimate of drug-likeness (QED) is 0.847. The van der Waals surface area contributed by atoms with Gasteiger partial charge in [-0.25, -0.2) is 0 Å². The van der Waals surface area contributed by atoms with Crippen molar-refractivity contribution in [2.45, 2.75) is 38.3 Å². The molecule has 1 aliphatic rings. The van der Waals surface area contributed by atoms with Gasteiger partial charge in [-0.15, -0.1) is 0 Å². The zero-order valence-corrected chi connectivity index (χ0v) is 10.3. The van der Waals surface area contributed by atoms with Crippen molar-refractivity contribution in [3.63, 3.8) is 0 Å². The molecule has 88 valence electrons. The lowest BCUT2D eigenvalue weighted by Gasteiger charge is -2.14. The lowest BCUT2D eigenvalue weighted by molar-refractivity contribution is 0.182. The molecular weight excluding hydrogens is 222 g/mol. The number of aliphatic hydroxyl groups is 1. The van der Waals surface area contributed by atoms with Crippen molar-refractivity contribution in [2.24, 2.45) is 0 Å². The number of hydrogen-bond acceptors (Lipinski definition) is 2. The average Bonchev–Trinajstić information content (AvgIpc) is 2.63. The predicted octanol–water partition coefficient (Wildman–Crippen LogP) is 2.69. The van der Waals surface area contributed by atoms with Crippen LogP contribution in [0.15, 0.2) is 18.2 Å². The minimum absolute atomic E-state index is 0.229. The highest BCUT2D eigenvalue weighted by Crippen LogP contribution is 2.35. The summed E-state index contributed by atoms with van der Waals surface area (Å²) in [6.45, 7) is 2.68. The van der Waals surface area contributed by atoms with Crippen LogP contribution in [0.25, 0.3) is 0 Å². The summed E-state index contributed by atoms with van der Waals surface area (Å²) in [5.41, 5.74) is 2.62. The first-order chi connectivity index (χ1) is 7.68. The normalized spacial score (nSPS) is 20.8. The minimum atomic E-state index is -0.229. The third-order valence-electron chi connectivity index (χ3n) is 3.17. The van der Waals surface area contributed by atoms with Crippen LogP contribution in [0.3, 0.4) is 0 Å². The molecule has 1 aromatic carbocycles. The Morgan fingerprint density at radius 1 is 1.56 bits per heavy atom. The molecule has 2 N–H and O–H groups in total. The Bertz CT molecular complexity index is 365. The van der Waals surface area contributed by atoms with Crippen molar-refractivity contribution >= 4 is 11.6 Å². The van der Waals surface area contributed by atoms with Crippen LogP contribution in [-0.2, 0) is 6.42 Å². The summed E-state index contributed by atoms with van der Waals surface area (Å²) in [5, 5.41) is 13.6. The molecule has 2 nitrogen and oxygen atoms in total. The van der Waals surface area contributed by atoms with Gasteiger partial charge in [0.2, 0.25) is 0 Å². The summed E-state index contributed by atoms with van der Waals surface area (Å²) < 4.78 is 0. The van der Waals surface area contributed by atoms with Gasteiger partial charge in [0, 0.05) is 11.1 Å². The summed E-state index contributed by atoms with van der Waals surface area (Å²) in [6.07, 6.45) is 2.74. The van der Waals surface area contributed by atoms with E-state index in [2.05, 4.69) is 11.4 Å². The SMILES string of the molecule is CC(O)CCNC1CCc2c(Cl)cccc21. The number of aliphatic hydroxyl groups excluding tert-OH is 1. The van der Waals surface area contributed by atoms with Crippen LogP contribution in [0.1, 0.15) is 36.9 Å². The van der Waals surface area contributed by atoms with E-state index in [-0.39, 0.29) is 6.10 Å². The molecule has 0 saturated heterocycles. The predicted molar refractivity (Wildman–Crippen MR) is 66.8 cm³/mol. The summed E-state index contributed by atoms with van der Waals surface area (Å²) in [4.78, 5) is 0. The van der Waals surface area contributed by atoms with Crippen LogP contribution < -0.4 is 5.32 Å². The molecule has 0 saturated carbocycles. The molecule has 0 radical (unpaired) electrons. The molecular formula is C13H18ClNO. The van der Waals surface area contributed by atoms with Gasteiger partial charge in [0.25, 0.3) is 0 Å². The fourth-order valence-electron chi connectivity index (χ4n) is 2.29. The fraction of sp³-hybridized carbons (Fsp3) is 0.538. The summed E-state index contributed by atoms with van der Waals surface area (Å²) in [6, 6.07) is 6.52. The zero-order chi connectivity index (χ0) is 11.5. The van der Waals surface area contributed by atoms with Gasteiger partial charge in [0.1, 0.15) is 0 Å². The van der Waals surface area contributed by atoms with Gasteiger partial charge in [-0.1, -0.05) is 23.7 Å². The topological polar surface area (TPSA) is 32.3 Å². The van der Waals surface area contributed by atoms with Crippen LogP contribution in [0, 0.1) is 0 Å². The smallest absolute Gasteiger partial charge is 0.0524 e. The number of hydrogen-bond donors (Lipinski definition) is 2. The van der Waals surface area contributed by atoms with E-state index in [0.29, 0.717) is 6.04 Å². The Hall–Kier alpha value is -0.570. The fourth-order valence-corrected chi connectivity index (χ4v) is 2.56. The highest BCUT2D eigenvalue weighted by Gasteiger charge is 2.23. The van der Waals surface area contributed by atoms with Gasteiger partial charge in [-0.05, 0) is 49.9 Å². The van der Waals surface area contributed by atoms with E-state index in [1.165, 1.54) is 11.1 Å². The van der Waals surface area contributed by atoms with Crippen molar-refractivity contribution in [1.29, 1.82) is 0 Å². The molecule has 1 aromatic rings. The van der Waals surface area contributed by atoms with Gasteiger partial charge < -0.3 is 10.4 Å². The third kappa shape index (κ3) is 2.57. The second-order valence-electron chi connectivity index (χ2n) is 4.49. The third-order valence-corrected chi connectivity index (χ3v) is 3.52. The van der Waals surface area contributed by atoms with E-state index >= 15 is 0 Å². The van der Waals surface area contributed by atoms with Gasteiger partial charge in [-0.3, -0.25) is 0 Å². The Morgan fingerprint density at radius 2 is 2.38 bits per heavy atom. The van der Waals surface area contributed by atoms with E-state index < -0.39 is 0 Å². The molecule has 0 spiro atoms. The Morgan fingerprint density at radius 3 is 3.12 bits per heavy atom. The van der Waals surface area contributed by atoms with Crippen molar-refractivity contribution < 1.29 is 5.11 Å². The first-order valence-electron chi connectivity index (χ1n) is 5.87. The molecule has 0 amide bonds. The summed E-state index contributed by atoms with van der Waals surface area (Å²) >= 11 is 6.15. The Balaban J connectivity index is 1.98. The average molecular weight is 240 g/mol. The number of benzene rings is 1. The molecule has 16 heavy (non-hydrogen) atoms. The van der Waals surface area contributed by atoms with Crippen LogP contribution >= 0.6 is 11.6 Å². The second-order valence-corrected chi connectivity index (χ2v) is 4.90. The van der Waals surface area contributed by atoms with Gasteiger partial charge in [-0.2, -0.15) is 0 Å². The first kappa shape index (κ1) is 11.9. The van der Waals surface area contributed by atoms with E-state index in [4.69, 9.17) is 11.6 Å². The Kier molecular flexibility index (Phi) is 3.85.